The molecule has 0 aliphatic rings. The SMILES string of the molecule is Cc1ccc(/C=C/C(=O)NCC(CC(C)C)C(=O)O)s1. The lowest BCUT2D eigenvalue weighted by Gasteiger charge is -2.14. The van der Waals surface area contributed by atoms with Crippen LogP contribution in [0.25, 0.3) is 6.08 Å². The standard InChI is InChI=1S/C15H21NO3S/c1-10(2)8-12(15(18)19)9-16-14(17)7-6-13-5-4-11(3)20-13/h4-7,10,12H,8-9H2,1-3H3,(H,16,17)(H,18,19)/b7-6+. The van der Waals surface area contributed by atoms with Gasteiger partial charge in [-0.25, -0.2) is 0 Å². The van der Waals surface area contributed by atoms with Gasteiger partial charge in [0.1, 0.15) is 0 Å². The third-order valence-corrected chi connectivity index (χ3v) is 3.75. The van der Waals surface area contributed by atoms with Gasteiger partial charge in [0.15, 0.2) is 0 Å². The molecule has 2 N–H and O–H groups in total. The lowest BCUT2D eigenvalue weighted by atomic mass is 9.97. The number of nitrogens with one attached hydrogen (secondary N) is 1. The van der Waals surface area contributed by atoms with E-state index >= 15 is 0 Å². The van der Waals surface area contributed by atoms with Gasteiger partial charge in [0.2, 0.25) is 5.91 Å². The van der Waals surface area contributed by atoms with Gasteiger partial charge in [-0.15, -0.1) is 11.3 Å². The second-order valence-electron chi connectivity index (χ2n) is 5.19. The fourth-order valence-electron chi connectivity index (χ4n) is 1.82. The Morgan fingerprint density at radius 1 is 1.40 bits per heavy atom. The van der Waals surface area contributed by atoms with E-state index in [2.05, 4.69) is 5.32 Å². The second-order valence-corrected chi connectivity index (χ2v) is 6.51. The fourth-order valence-corrected chi connectivity index (χ4v) is 2.60. The number of amides is 1. The average Bonchev–Trinajstić information content (AvgIpc) is 2.77. The van der Waals surface area contributed by atoms with E-state index < -0.39 is 11.9 Å². The molecule has 1 aromatic heterocycles. The summed E-state index contributed by atoms with van der Waals surface area (Å²) in [6, 6.07) is 3.94. The molecule has 110 valence electrons. The highest BCUT2D eigenvalue weighted by molar-refractivity contribution is 7.12. The van der Waals surface area contributed by atoms with Crippen LogP contribution in [0.15, 0.2) is 18.2 Å². The summed E-state index contributed by atoms with van der Waals surface area (Å²) in [5, 5.41) is 11.7. The maximum Gasteiger partial charge on any atom is 0.308 e. The van der Waals surface area contributed by atoms with Gasteiger partial charge < -0.3 is 10.4 Å². The van der Waals surface area contributed by atoms with Crippen LogP contribution in [0.3, 0.4) is 0 Å². The molecule has 4 nitrogen and oxygen atoms in total. The zero-order valence-corrected chi connectivity index (χ0v) is 12.9. The number of hydrogen-bond acceptors (Lipinski definition) is 3. The van der Waals surface area contributed by atoms with Crippen LogP contribution in [0.4, 0.5) is 0 Å². The molecule has 0 fully saturated rings. The van der Waals surface area contributed by atoms with Gasteiger partial charge in [-0.3, -0.25) is 9.59 Å². The number of aryl methyl sites for hydroxylation is 1. The number of aliphatic carboxylic acids is 1. The number of rotatable bonds is 7. The van der Waals surface area contributed by atoms with Gasteiger partial charge in [0.25, 0.3) is 0 Å². The van der Waals surface area contributed by atoms with Crippen LogP contribution in [0, 0.1) is 18.8 Å². The predicted octanol–water partition coefficient (Wildman–Crippen LogP) is 2.93. The molecule has 1 amide bonds. The van der Waals surface area contributed by atoms with Crippen molar-refractivity contribution in [3.8, 4) is 0 Å². The molecule has 1 heterocycles. The number of carbonyl (C=O) groups is 2. The van der Waals surface area contributed by atoms with Crippen LogP contribution in [0.5, 0.6) is 0 Å². The van der Waals surface area contributed by atoms with Crippen LogP contribution >= 0.6 is 11.3 Å². The van der Waals surface area contributed by atoms with E-state index in [0.717, 1.165) is 4.88 Å². The molecule has 0 radical (unpaired) electrons. The van der Waals surface area contributed by atoms with Crippen molar-refractivity contribution in [2.45, 2.75) is 27.2 Å². The molecule has 1 atom stereocenters. The van der Waals surface area contributed by atoms with Crippen molar-refractivity contribution < 1.29 is 14.7 Å². The molecule has 1 unspecified atom stereocenters. The summed E-state index contributed by atoms with van der Waals surface area (Å²) in [6.45, 7) is 6.11. The van der Waals surface area contributed by atoms with Crippen molar-refractivity contribution in [1.29, 1.82) is 0 Å². The zero-order chi connectivity index (χ0) is 15.1. The number of carboxylic acid groups (broad SMARTS) is 1. The average molecular weight is 295 g/mol. The van der Waals surface area contributed by atoms with E-state index in [4.69, 9.17) is 5.11 Å². The zero-order valence-electron chi connectivity index (χ0n) is 12.1. The molecule has 1 aromatic rings. The molecule has 0 aromatic carbocycles. The Hall–Kier alpha value is -1.62. The topological polar surface area (TPSA) is 66.4 Å². The maximum absolute atomic E-state index is 11.6. The van der Waals surface area contributed by atoms with Gasteiger partial charge in [-0.2, -0.15) is 0 Å². The van der Waals surface area contributed by atoms with Gasteiger partial charge in [0, 0.05) is 22.4 Å². The normalized spacial score (nSPS) is 12.8. The minimum absolute atomic E-state index is 0.167. The third kappa shape index (κ3) is 6.02. The highest BCUT2D eigenvalue weighted by Crippen LogP contribution is 2.16. The summed E-state index contributed by atoms with van der Waals surface area (Å²) in [4.78, 5) is 24.9. The first-order chi connectivity index (χ1) is 9.38. The fraction of sp³-hybridized carbons (Fsp3) is 0.467. The molecule has 0 bridgehead atoms. The number of hydrogen-bond donors (Lipinski definition) is 2. The summed E-state index contributed by atoms with van der Waals surface area (Å²) >= 11 is 1.61. The minimum atomic E-state index is -0.864. The Kier molecular flexibility index (Phi) is 6.45. The number of carbonyl (C=O) groups excluding carboxylic acids is 1. The molecule has 0 spiro atoms. The minimum Gasteiger partial charge on any atom is -0.481 e. The number of carboxylic acids is 1. The third-order valence-electron chi connectivity index (χ3n) is 2.79. The van der Waals surface area contributed by atoms with E-state index in [1.54, 1.807) is 17.4 Å². The second kappa shape index (κ2) is 7.85. The van der Waals surface area contributed by atoms with Gasteiger partial charge >= 0.3 is 5.97 Å². The summed E-state index contributed by atoms with van der Waals surface area (Å²) in [5.41, 5.74) is 0. The lowest BCUT2D eigenvalue weighted by Crippen LogP contribution is -2.32. The van der Waals surface area contributed by atoms with Crippen molar-refractivity contribution in [1.82, 2.24) is 5.32 Å². The van der Waals surface area contributed by atoms with Crippen LogP contribution in [-0.4, -0.2) is 23.5 Å². The van der Waals surface area contributed by atoms with Crippen molar-refractivity contribution in [3.05, 3.63) is 28.0 Å². The smallest absolute Gasteiger partial charge is 0.308 e. The summed E-state index contributed by atoms with van der Waals surface area (Å²) in [7, 11) is 0. The van der Waals surface area contributed by atoms with E-state index in [1.165, 1.54) is 11.0 Å². The Morgan fingerprint density at radius 2 is 2.10 bits per heavy atom. The van der Waals surface area contributed by atoms with Crippen molar-refractivity contribution in [3.63, 3.8) is 0 Å². The molecule has 0 aliphatic heterocycles. The van der Waals surface area contributed by atoms with E-state index in [-0.39, 0.29) is 18.4 Å². The summed E-state index contributed by atoms with van der Waals surface area (Å²) in [6.07, 6.45) is 3.74. The summed E-state index contributed by atoms with van der Waals surface area (Å²) in [5.74, 6) is -1.36. The number of thiophene rings is 1. The Bertz CT molecular complexity index is 491. The monoisotopic (exact) mass is 295 g/mol. The molecule has 0 aliphatic carbocycles. The molecular formula is C15H21NO3S. The first-order valence-corrected chi connectivity index (χ1v) is 7.45. The van der Waals surface area contributed by atoms with Crippen LogP contribution in [0.2, 0.25) is 0 Å². The van der Waals surface area contributed by atoms with Crippen LogP contribution in [-0.2, 0) is 9.59 Å². The van der Waals surface area contributed by atoms with Crippen molar-refractivity contribution >= 4 is 29.3 Å². The molecule has 20 heavy (non-hydrogen) atoms. The van der Waals surface area contributed by atoms with Gasteiger partial charge in [-0.05, 0) is 37.5 Å². The molecule has 0 saturated heterocycles. The van der Waals surface area contributed by atoms with Crippen LogP contribution in [0.1, 0.15) is 30.0 Å². The van der Waals surface area contributed by atoms with Crippen LogP contribution < -0.4 is 5.32 Å². The molecule has 1 rings (SSSR count). The quantitative estimate of drug-likeness (QED) is 0.760. The Labute approximate surface area is 123 Å². The summed E-state index contributed by atoms with van der Waals surface area (Å²) < 4.78 is 0. The predicted molar refractivity (Wildman–Crippen MR) is 81.7 cm³/mol. The van der Waals surface area contributed by atoms with Crippen molar-refractivity contribution in [2.75, 3.05) is 6.54 Å². The highest BCUT2D eigenvalue weighted by atomic mass is 32.1. The largest absolute Gasteiger partial charge is 0.481 e. The molecule has 5 heteroatoms. The first-order valence-electron chi connectivity index (χ1n) is 6.63. The molecule has 0 saturated carbocycles. The Morgan fingerprint density at radius 3 is 2.60 bits per heavy atom. The van der Waals surface area contributed by atoms with E-state index in [1.807, 2.05) is 32.9 Å². The Balaban J connectivity index is 2.45. The molecular weight excluding hydrogens is 274 g/mol. The van der Waals surface area contributed by atoms with Crippen molar-refractivity contribution in [2.24, 2.45) is 11.8 Å². The maximum atomic E-state index is 11.6. The van der Waals surface area contributed by atoms with Gasteiger partial charge in [0.05, 0.1) is 5.92 Å². The van der Waals surface area contributed by atoms with E-state index in [9.17, 15) is 9.59 Å². The first kappa shape index (κ1) is 16.4. The van der Waals surface area contributed by atoms with Gasteiger partial charge in [-0.1, -0.05) is 13.8 Å². The highest BCUT2D eigenvalue weighted by Gasteiger charge is 2.19. The lowest BCUT2D eigenvalue weighted by molar-refractivity contribution is -0.142. The van der Waals surface area contributed by atoms with E-state index in [0.29, 0.717) is 6.42 Å².